The van der Waals surface area contributed by atoms with Crippen LogP contribution in [0.2, 0.25) is 0 Å². The first-order chi connectivity index (χ1) is 10.1. The minimum atomic E-state index is 0.564. The molecule has 108 valence electrons. The van der Waals surface area contributed by atoms with Gasteiger partial charge in [0.05, 0.1) is 5.39 Å². The minimum absolute atomic E-state index is 0.564. The Morgan fingerprint density at radius 3 is 2.57 bits per heavy atom. The van der Waals surface area contributed by atoms with E-state index in [1.165, 1.54) is 16.5 Å². The van der Waals surface area contributed by atoms with Crippen molar-refractivity contribution < 1.29 is 8.83 Å². The maximum Gasteiger partial charge on any atom is 0.239 e. The minimum Gasteiger partial charge on any atom is -0.460 e. The molecule has 0 atom stereocenters. The topological polar surface area (TPSA) is 64.7 Å². The van der Waals surface area contributed by atoms with Gasteiger partial charge in [-0.2, -0.15) is 0 Å². The number of aryl methyl sites for hydroxylation is 4. The zero-order chi connectivity index (χ0) is 14.7. The number of hydrogen-bond donors (Lipinski definition) is 1. The molecule has 3 aromatic rings. The van der Waals surface area contributed by atoms with Crippen LogP contribution in [-0.4, -0.2) is 0 Å². The molecule has 4 nitrogen and oxygen atoms in total. The number of rotatable bonds is 0. The summed E-state index contributed by atoms with van der Waals surface area (Å²) in [5.74, 6) is 6.47. The molecule has 21 heavy (non-hydrogen) atoms. The highest BCUT2D eigenvalue weighted by Gasteiger charge is 2.23. The Hall–Kier alpha value is -2.23. The number of nitrogens with zero attached hydrogens (tertiary/aromatic N) is 1. The molecule has 2 aromatic heterocycles. The molecule has 0 amide bonds. The molecule has 4 heteroatoms. The number of furan rings is 1. The normalized spacial score (nSPS) is 15.3. The van der Waals surface area contributed by atoms with Gasteiger partial charge < -0.3 is 14.7 Å². The van der Waals surface area contributed by atoms with E-state index in [1.54, 1.807) is 0 Å². The van der Waals surface area contributed by atoms with Crippen LogP contribution in [0.4, 0.5) is 0 Å². The highest BCUT2D eigenvalue weighted by Crippen LogP contribution is 2.38. The number of fused-ring (bicyclic) bond motifs is 5. The van der Waals surface area contributed by atoms with Gasteiger partial charge in [-0.3, -0.25) is 0 Å². The van der Waals surface area contributed by atoms with Crippen molar-refractivity contribution in [1.29, 1.82) is 0 Å². The third kappa shape index (κ3) is 1.53. The number of nitrogens with two attached hydrogens (primary N) is 1. The molecular formula is C17H18N2O2. The van der Waals surface area contributed by atoms with E-state index in [0.29, 0.717) is 5.55 Å². The van der Waals surface area contributed by atoms with Crippen LogP contribution < -0.4 is 11.4 Å². The first-order valence-electron chi connectivity index (χ1n) is 7.33. The van der Waals surface area contributed by atoms with E-state index in [9.17, 15) is 0 Å². The summed E-state index contributed by atoms with van der Waals surface area (Å²) in [7, 11) is 0. The van der Waals surface area contributed by atoms with Crippen LogP contribution in [0.5, 0.6) is 0 Å². The summed E-state index contributed by atoms with van der Waals surface area (Å²) >= 11 is 0. The smallest absolute Gasteiger partial charge is 0.239 e. The SMILES string of the molecule is Cc1oc2c(c(C)cc3o/c(=N/N)c4c(c32)CCC4)c1C. The van der Waals surface area contributed by atoms with Crippen molar-refractivity contribution in [2.75, 3.05) is 0 Å². The summed E-state index contributed by atoms with van der Waals surface area (Å²) in [5.41, 5.74) is 7.14. The Bertz CT molecular complexity index is 961. The lowest BCUT2D eigenvalue weighted by Crippen LogP contribution is -2.12. The molecule has 0 radical (unpaired) electrons. The van der Waals surface area contributed by atoms with Gasteiger partial charge in [0.2, 0.25) is 5.55 Å². The predicted octanol–water partition coefficient (Wildman–Crippen LogP) is 3.37. The van der Waals surface area contributed by atoms with Crippen molar-refractivity contribution in [2.24, 2.45) is 10.9 Å². The highest BCUT2D eigenvalue weighted by atomic mass is 16.3. The van der Waals surface area contributed by atoms with Gasteiger partial charge in [0.15, 0.2) is 0 Å². The van der Waals surface area contributed by atoms with Crippen molar-refractivity contribution >= 4 is 21.9 Å². The molecular weight excluding hydrogens is 264 g/mol. The number of benzene rings is 1. The van der Waals surface area contributed by atoms with Crippen LogP contribution in [0.15, 0.2) is 20.0 Å². The zero-order valence-electron chi connectivity index (χ0n) is 12.5. The lowest BCUT2D eigenvalue weighted by Gasteiger charge is -2.08. The molecule has 0 saturated carbocycles. The van der Waals surface area contributed by atoms with Gasteiger partial charge in [0.25, 0.3) is 0 Å². The van der Waals surface area contributed by atoms with Crippen molar-refractivity contribution in [1.82, 2.24) is 0 Å². The first-order valence-corrected chi connectivity index (χ1v) is 7.33. The third-order valence-corrected chi connectivity index (χ3v) is 4.70. The van der Waals surface area contributed by atoms with Gasteiger partial charge >= 0.3 is 0 Å². The van der Waals surface area contributed by atoms with E-state index in [-0.39, 0.29) is 0 Å². The lowest BCUT2D eigenvalue weighted by atomic mass is 10.00. The van der Waals surface area contributed by atoms with E-state index in [0.717, 1.165) is 52.7 Å². The maximum atomic E-state index is 6.07. The van der Waals surface area contributed by atoms with E-state index >= 15 is 0 Å². The van der Waals surface area contributed by atoms with Crippen LogP contribution in [-0.2, 0) is 12.8 Å². The van der Waals surface area contributed by atoms with E-state index < -0.39 is 0 Å². The molecule has 2 N–H and O–H groups in total. The predicted molar refractivity (Wildman–Crippen MR) is 82.0 cm³/mol. The molecule has 2 heterocycles. The molecule has 4 rings (SSSR count). The first kappa shape index (κ1) is 12.5. The monoisotopic (exact) mass is 282 g/mol. The third-order valence-electron chi connectivity index (χ3n) is 4.70. The van der Waals surface area contributed by atoms with Crippen LogP contribution in [0.3, 0.4) is 0 Å². The molecule has 0 aliphatic heterocycles. The Morgan fingerprint density at radius 2 is 1.81 bits per heavy atom. The Kier molecular flexibility index (Phi) is 2.46. The van der Waals surface area contributed by atoms with Crippen LogP contribution in [0.1, 0.15) is 34.4 Å². The lowest BCUT2D eigenvalue weighted by molar-refractivity contribution is 0.526. The summed E-state index contributed by atoms with van der Waals surface area (Å²) in [5, 5.41) is 6.14. The largest absolute Gasteiger partial charge is 0.460 e. The molecule has 1 aliphatic rings. The average molecular weight is 282 g/mol. The Morgan fingerprint density at radius 1 is 1.05 bits per heavy atom. The van der Waals surface area contributed by atoms with E-state index in [4.69, 9.17) is 14.7 Å². The summed E-state index contributed by atoms with van der Waals surface area (Å²) in [6.07, 6.45) is 3.11. The molecule has 1 aromatic carbocycles. The molecule has 0 saturated heterocycles. The Balaban J connectivity index is 2.32. The maximum absolute atomic E-state index is 6.07. The van der Waals surface area contributed by atoms with Gasteiger partial charge in [-0.25, -0.2) is 0 Å². The molecule has 0 unspecified atom stereocenters. The second-order valence-corrected chi connectivity index (χ2v) is 5.90. The van der Waals surface area contributed by atoms with Crippen LogP contribution >= 0.6 is 0 Å². The summed E-state index contributed by atoms with van der Waals surface area (Å²) in [4.78, 5) is 0. The molecule has 0 fully saturated rings. The van der Waals surface area contributed by atoms with Crippen molar-refractivity contribution in [2.45, 2.75) is 40.0 Å². The fourth-order valence-corrected chi connectivity index (χ4v) is 3.62. The molecule has 0 bridgehead atoms. The Labute approximate surface area is 122 Å². The standard InChI is InChI=1S/C17H18N2O2/c1-8-7-13-15(16-14(8)9(2)10(3)20-16)11-5-4-6-12(11)17(19-18)21-13/h7H,4-6,18H2,1-3H3/b19-17+. The van der Waals surface area contributed by atoms with Crippen LogP contribution in [0.25, 0.3) is 21.9 Å². The molecule has 1 aliphatic carbocycles. The van der Waals surface area contributed by atoms with Crippen LogP contribution in [0, 0.1) is 20.8 Å². The van der Waals surface area contributed by atoms with E-state index in [1.807, 2.05) is 6.92 Å². The second kappa shape index (κ2) is 4.13. The fraction of sp³-hybridized carbons (Fsp3) is 0.353. The van der Waals surface area contributed by atoms with Gasteiger partial charge in [-0.1, -0.05) is 0 Å². The van der Waals surface area contributed by atoms with Crippen molar-refractivity contribution in [3.05, 3.63) is 39.6 Å². The van der Waals surface area contributed by atoms with Gasteiger partial charge in [-0.05, 0) is 62.8 Å². The average Bonchev–Trinajstić information content (AvgIpc) is 3.04. The highest BCUT2D eigenvalue weighted by molar-refractivity contribution is 6.07. The van der Waals surface area contributed by atoms with Crippen molar-refractivity contribution in [3.8, 4) is 0 Å². The second-order valence-electron chi connectivity index (χ2n) is 5.90. The fourth-order valence-electron chi connectivity index (χ4n) is 3.62. The summed E-state index contributed by atoms with van der Waals surface area (Å²) in [6, 6.07) is 2.08. The van der Waals surface area contributed by atoms with E-state index in [2.05, 4.69) is 25.0 Å². The summed E-state index contributed by atoms with van der Waals surface area (Å²) in [6.45, 7) is 6.22. The van der Waals surface area contributed by atoms with Crippen molar-refractivity contribution in [3.63, 3.8) is 0 Å². The van der Waals surface area contributed by atoms with Gasteiger partial charge in [0, 0.05) is 10.9 Å². The number of hydrogen-bond acceptors (Lipinski definition) is 4. The van der Waals surface area contributed by atoms with Gasteiger partial charge in [-0.15, -0.1) is 5.10 Å². The quantitative estimate of drug-likeness (QED) is 0.508. The zero-order valence-corrected chi connectivity index (χ0v) is 12.5. The summed E-state index contributed by atoms with van der Waals surface area (Å²) < 4.78 is 12.0. The van der Waals surface area contributed by atoms with Gasteiger partial charge in [0.1, 0.15) is 16.9 Å². The molecule has 0 spiro atoms.